The molecule has 1 unspecified atom stereocenters. The Bertz CT molecular complexity index is 895. The number of benzene rings is 2. The Balaban J connectivity index is 2.23. The Kier molecular flexibility index (Phi) is 9.05. The molecule has 2 aromatic carbocycles. The summed E-state index contributed by atoms with van der Waals surface area (Å²) in [5.74, 6) is -0.396. The first kappa shape index (κ1) is 24.1. The summed E-state index contributed by atoms with van der Waals surface area (Å²) >= 11 is 0. The van der Waals surface area contributed by atoms with E-state index in [1.54, 1.807) is 24.3 Å². The van der Waals surface area contributed by atoms with Crippen molar-refractivity contribution in [1.29, 1.82) is 0 Å². The third kappa shape index (κ3) is 6.15. The summed E-state index contributed by atoms with van der Waals surface area (Å²) in [4.78, 5) is 25.8. The van der Waals surface area contributed by atoms with Gasteiger partial charge in [0.05, 0.1) is 13.0 Å². The van der Waals surface area contributed by atoms with Crippen LogP contribution in [0.5, 0.6) is 0 Å². The topological polar surface area (TPSA) is 60.4 Å². The molecule has 2 rings (SSSR count). The summed E-state index contributed by atoms with van der Waals surface area (Å²) in [5.41, 5.74) is 2.81. The van der Waals surface area contributed by atoms with E-state index in [-0.39, 0.29) is 18.1 Å². The van der Waals surface area contributed by atoms with Gasteiger partial charge in [-0.1, -0.05) is 74.2 Å². The number of unbranched alkanes of at least 4 members (excludes halogenated alkanes) is 3. The number of rotatable bonds is 11. The zero-order valence-corrected chi connectivity index (χ0v) is 19.5. The van der Waals surface area contributed by atoms with Crippen LogP contribution in [-0.2, 0) is 14.1 Å². The fraction of sp³-hybridized carbons (Fsp3) is 0.440. The van der Waals surface area contributed by atoms with Crippen molar-refractivity contribution in [3.05, 3.63) is 64.7 Å². The molecule has 0 aliphatic rings. The van der Waals surface area contributed by atoms with Gasteiger partial charge in [0, 0.05) is 17.0 Å². The normalized spacial score (nSPS) is 12.9. The van der Waals surface area contributed by atoms with Crippen molar-refractivity contribution < 1.29 is 18.9 Å². The highest BCUT2D eigenvalue weighted by molar-refractivity contribution is 7.87. The molecule has 0 bridgehead atoms. The van der Waals surface area contributed by atoms with E-state index in [0.717, 1.165) is 42.4 Å². The van der Waals surface area contributed by atoms with Gasteiger partial charge in [0.25, 0.3) is 0 Å². The van der Waals surface area contributed by atoms with Crippen LogP contribution in [-0.4, -0.2) is 24.3 Å². The molecular formula is C25H33O4P. The van der Waals surface area contributed by atoms with Crippen LogP contribution < -0.4 is 5.30 Å². The largest absolute Gasteiger partial charge is 0.466 e. The van der Waals surface area contributed by atoms with E-state index in [4.69, 9.17) is 4.74 Å². The van der Waals surface area contributed by atoms with Gasteiger partial charge in [0.2, 0.25) is 5.52 Å². The minimum atomic E-state index is -3.50. The number of hydrogen-bond donors (Lipinski definition) is 0. The van der Waals surface area contributed by atoms with Gasteiger partial charge in [0.1, 0.15) is 0 Å². The van der Waals surface area contributed by atoms with E-state index < -0.39 is 13.1 Å². The lowest BCUT2D eigenvalue weighted by atomic mass is 10.0. The minimum Gasteiger partial charge on any atom is -0.466 e. The van der Waals surface area contributed by atoms with Gasteiger partial charge in [-0.25, -0.2) is 0 Å². The standard InChI is InChI=1S/C25H33O4P/c1-5-6-7-11-15-29-23(26)14-16-30(28,22-12-9-8-10-13-22)25(27)24-20(3)17-19(2)18-21(24)4/h8-10,12-13,17-18H,5-7,11,14-16H2,1-4H3. The molecule has 0 saturated carbocycles. The monoisotopic (exact) mass is 428 g/mol. The Morgan fingerprint density at radius 2 is 1.57 bits per heavy atom. The van der Waals surface area contributed by atoms with Gasteiger partial charge in [0.15, 0.2) is 7.14 Å². The highest BCUT2D eigenvalue weighted by Gasteiger charge is 2.36. The van der Waals surface area contributed by atoms with E-state index in [0.29, 0.717) is 17.5 Å². The molecule has 2 aromatic rings. The Morgan fingerprint density at radius 1 is 0.933 bits per heavy atom. The Morgan fingerprint density at radius 3 is 2.17 bits per heavy atom. The first-order valence-electron chi connectivity index (χ1n) is 10.7. The fourth-order valence-corrected chi connectivity index (χ4v) is 6.31. The van der Waals surface area contributed by atoms with Crippen LogP contribution in [0.3, 0.4) is 0 Å². The SMILES string of the molecule is CCCCCCOC(=O)CCP(=O)(C(=O)c1c(C)cc(C)cc1C)c1ccccc1. The molecule has 0 saturated heterocycles. The van der Waals surface area contributed by atoms with E-state index >= 15 is 0 Å². The van der Waals surface area contributed by atoms with Crippen LogP contribution >= 0.6 is 7.14 Å². The van der Waals surface area contributed by atoms with E-state index in [1.807, 2.05) is 39.0 Å². The molecule has 0 heterocycles. The highest BCUT2D eigenvalue weighted by Crippen LogP contribution is 2.49. The molecular weight excluding hydrogens is 395 g/mol. The van der Waals surface area contributed by atoms with E-state index in [1.165, 1.54) is 0 Å². The molecule has 0 aliphatic heterocycles. The van der Waals surface area contributed by atoms with E-state index in [9.17, 15) is 14.2 Å². The number of ether oxygens (including phenoxy) is 1. The van der Waals surface area contributed by atoms with Crippen molar-refractivity contribution in [2.75, 3.05) is 12.8 Å². The molecule has 162 valence electrons. The minimum absolute atomic E-state index is 0.0175. The molecule has 1 atom stereocenters. The molecule has 0 aromatic heterocycles. The summed E-state index contributed by atoms with van der Waals surface area (Å²) in [6, 6.07) is 12.7. The fourth-order valence-electron chi connectivity index (χ4n) is 3.75. The summed E-state index contributed by atoms with van der Waals surface area (Å²) in [5, 5.41) is 0.491. The van der Waals surface area contributed by atoms with Crippen molar-refractivity contribution >= 4 is 23.9 Å². The number of hydrogen-bond acceptors (Lipinski definition) is 4. The predicted octanol–water partition coefficient (Wildman–Crippen LogP) is 5.95. The molecule has 0 aliphatic carbocycles. The van der Waals surface area contributed by atoms with Crippen molar-refractivity contribution in [2.24, 2.45) is 0 Å². The summed E-state index contributed by atoms with van der Waals surface area (Å²) in [6.07, 6.45) is 4.04. The number of esters is 1. The first-order valence-corrected chi connectivity index (χ1v) is 12.6. The van der Waals surface area contributed by atoms with Gasteiger partial charge in [-0.3, -0.25) is 9.59 Å². The zero-order valence-electron chi connectivity index (χ0n) is 18.6. The third-order valence-electron chi connectivity index (χ3n) is 5.28. The molecule has 30 heavy (non-hydrogen) atoms. The van der Waals surface area contributed by atoms with Crippen molar-refractivity contribution in [2.45, 2.75) is 59.8 Å². The van der Waals surface area contributed by atoms with Crippen LogP contribution in [0.25, 0.3) is 0 Å². The number of aryl methyl sites for hydroxylation is 3. The van der Waals surface area contributed by atoms with Gasteiger partial charge < -0.3 is 9.30 Å². The molecule has 0 spiro atoms. The molecule has 4 nitrogen and oxygen atoms in total. The molecule has 0 fully saturated rings. The van der Waals surface area contributed by atoms with Crippen LogP contribution in [0.4, 0.5) is 0 Å². The van der Waals surface area contributed by atoms with Gasteiger partial charge in [-0.2, -0.15) is 0 Å². The highest BCUT2D eigenvalue weighted by atomic mass is 31.2. The first-order chi connectivity index (χ1) is 14.3. The molecule has 0 radical (unpaired) electrons. The summed E-state index contributed by atoms with van der Waals surface area (Å²) in [6.45, 7) is 8.21. The van der Waals surface area contributed by atoms with Crippen LogP contribution in [0.2, 0.25) is 0 Å². The zero-order chi connectivity index (χ0) is 22.1. The van der Waals surface area contributed by atoms with Crippen LogP contribution in [0.15, 0.2) is 42.5 Å². The maximum Gasteiger partial charge on any atom is 0.306 e. The molecule has 5 heteroatoms. The van der Waals surface area contributed by atoms with Gasteiger partial charge >= 0.3 is 5.97 Å². The second-order valence-corrected chi connectivity index (χ2v) is 10.8. The number of carbonyl (C=O) groups excluding carboxylic acids is 2. The predicted molar refractivity (Wildman–Crippen MR) is 123 cm³/mol. The quantitative estimate of drug-likeness (QED) is 0.252. The van der Waals surface area contributed by atoms with E-state index in [2.05, 4.69) is 6.92 Å². The van der Waals surface area contributed by atoms with Crippen molar-refractivity contribution in [3.63, 3.8) is 0 Å². The lowest BCUT2D eigenvalue weighted by molar-refractivity contribution is -0.143. The number of carbonyl (C=O) groups is 2. The van der Waals surface area contributed by atoms with Crippen molar-refractivity contribution in [1.82, 2.24) is 0 Å². The lowest BCUT2D eigenvalue weighted by Crippen LogP contribution is -2.20. The van der Waals surface area contributed by atoms with Crippen LogP contribution in [0, 0.1) is 20.8 Å². The smallest absolute Gasteiger partial charge is 0.306 e. The average Bonchev–Trinajstić information content (AvgIpc) is 2.71. The van der Waals surface area contributed by atoms with Crippen LogP contribution in [0.1, 0.15) is 66.1 Å². The second kappa shape index (κ2) is 11.3. The molecule has 0 N–H and O–H groups in total. The Hall–Kier alpha value is -2.19. The van der Waals surface area contributed by atoms with Gasteiger partial charge in [-0.15, -0.1) is 0 Å². The second-order valence-electron chi connectivity index (χ2n) is 7.91. The maximum atomic E-state index is 14.1. The van der Waals surface area contributed by atoms with Crippen molar-refractivity contribution in [3.8, 4) is 0 Å². The average molecular weight is 429 g/mol. The third-order valence-corrected chi connectivity index (χ3v) is 8.15. The summed E-state index contributed by atoms with van der Waals surface area (Å²) in [7, 11) is -3.50. The maximum absolute atomic E-state index is 14.1. The van der Waals surface area contributed by atoms with Gasteiger partial charge in [-0.05, 0) is 38.3 Å². The molecule has 0 amide bonds. The Labute approximate surface area is 180 Å². The lowest BCUT2D eigenvalue weighted by Gasteiger charge is -2.20. The summed E-state index contributed by atoms with van der Waals surface area (Å²) < 4.78 is 19.4.